The third-order valence-corrected chi connectivity index (χ3v) is 4.95. The largest absolute Gasteiger partial charge is 0.495 e. The maximum atomic E-state index is 12.6. The lowest BCUT2D eigenvalue weighted by atomic mass is 9.95. The molecule has 0 spiro atoms. The molecule has 1 saturated carbocycles. The van der Waals surface area contributed by atoms with Crippen molar-refractivity contribution in [2.45, 2.75) is 57.3 Å². The van der Waals surface area contributed by atoms with Crippen molar-refractivity contribution >= 4 is 6.03 Å². The van der Waals surface area contributed by atoms with Gasteiger partial charge < -0.3 is 19.7 Å². The lowest BCUT2D eigenvalue weighted by Crippen LogP contribution is -2.49. The molecule has 0 bridgehead atoms. The van der Waals surface area contributed by atoms with E-state index >= 15 is 0 Å². The summed E-state index contributed by atoms with van der Waals surface area (Å²) in [6, 6.07) is 1.70. The van der Waals surface area contributed by atoms with Gasteiger partial charge in [0.25, 0.3) is 0 Å². The average Bonchev–Trinajstić information content (AvgIpc) is 2.58. The quantitative estimate of drug-likeness (QED) is 0.900. The van der Waals surface area contributed by atoms with E-state index in [0.29, 0.717) is 18.4 Å². The SMILES string of the molecule is COc1cnccc1C(C)NC(=O)N1CCCC(OC2CCC2)C1. The molecular formula is C18H27N3O3. The second-order valence-electron chi connectivity index (χ2n) is 6.69. The van der Waals surface area contributed by atoms with Crippen LogP contribution in [0.3, 0.4) is 0 Å². The molecule has 24 heavy (non-hydrogen) atoms. The maximum absolute atomic E-state index is 12.6. The molecule has 0 aromatic carbocycles. The van der Waals surface area contributed by atoms with Crippen molar-refractivity contribution in [3.8, 4) is 5.75 Å². The number of hydrogen-bond acceptors (Lipinski definition) is 4. The minimum absolute atomic E-state index is 0.0386. The molecule has 1 N–H and O–H groups in total. The van der Waals surface area contributed by atoms with Crippen LogP contribution in [-0.4, -0.2) is 48.3 Å². The van der Waals surface area contributed by atoms with Gasteiger partial charge in [0.2, 0.25) is 0 Å². The Balaban J connectivity index is 1.55. The Kier molecular flexibility index (Phi) is 5.56. The number of nitrogens with zero attached hydrogens (tertiary/aromatic N) is 2. The van der Waals surface area contributed by atoms with Crippen LogP contribution in [0.25, 0.3) is 0 Å². The zero-order valence-electron chi connectivity index (χ0n) is 14.5. The van der Waals surface area contributed by atoms with Gasteiger partial charge in [-0.2, -0.15) is 0 Å². The van der Waals surface area contributed by atoms with Crippen molar-refractivity contribution in [1.82, 2.24) is 15.2 Å². The third kappa shape index (κ3) is 3.98. The average molecular weight is 333 g/mol. The zero-order chi connectivity index (χ0) is 16.9. The minimum atomic E-state index is -0.136. The fourth-order valence-corrected chi connectivity index (χ4v) is 3.29. The van der Waals surface area contributed by atoms with E-state index in [1.807, 2.05) is 17.9 Å². The minimum Gasteiger partial charge on any atom is -0.495 e. The van der Waals surface area contributed by atoms with E-state index in [4.69, 9.17) is 9.47 Å². The van der Waals surface area contributed by atoms with Crippen LogP contribution in [-0.2, 0) is 4.74 Å². The summed E-state index contributed by atoms with van der Waals surface area (Å²) in [4.78, 5) is 18.5. The van der Waals surface area contributed by atoms with Crippen LogP contribution in [0.4, 0.5) is 4.79 Å². The van der Waals surface area contributed by atoms with Crippen LogP contribution in [0.15, 0.2) is 18.5 Å². The van der Waals surface area contributed by atoms with Gasteiger partial charge in [-0.05, 0) is 45.1 Å². The first-order valence-corrected chi connectivity index (χ1v) is 8.86. The fourth-order valence-electron chi connectivity index (χ4n) is 3.29. The van der Waals surface area contributed by atoms with Crippen LogP contribution < -0.4 is 10.1 Å². The van der Waals surface area contributed by atoms with Crippen LogP contribution in [0.2, 0.25) is 0 Å². The predicted molar refractivity (Wildman–Crippen MR) is 91.1 cm³/mol. The highest BCUT2D eigenvalue weighted by Crippen LogP contribution is 2.27. The number of ether oxygens (including phenoxy) is 2. The fraction of sp³-hybridized carbons (Fsp3) is 0.667. The Labute approximate surface area is 143 Å². The number of aromatic nitrogens is 1. The summed E-state index contributed by atoms with van der Waals surface area (Å²) in [5.74, 6) is 0.690. The highest BCUT2D eigenvalue weighted by atomic mass is 16.5. The predicted octanol–water partition coefficient (Wildman–Crippen LogP) is 2.89. The van der Waals surface area contributed by atoms with Gasteiger partial charge in [-0.3, -0.25) is 4.98 Å². The molecule has 6 heteroatoms. The number of carbonyl (C=O) groups excluding carboxylic acids is 1. The first-order chi connectivity index (χ1) is 11.7. The smallest absolute Gasteiger partial charge is 0.317 e. The summed E-state index contributed by atoms with van der Waals surface area (Å²) >= 11 is 0. The number of nitrogens with one attached hydrogen (secondary N) is 1. The van der Waals surface area contributed by atoms with Gasteiger partial charge in [0, 0.05) is 24.8 Å². The number of methoxy groups -OCH3 is 1. The van der Waals surface area contributed by atoms with Crippen molar-refractivity contribution in [1.29, 1.82) is 0 Å². The number of urea groups is 1. The molecule has 2 heterocycles. The van der Waals surface area contributed by atoms with Crippen molar-refractivity contribution in [2.24, 2.45) is 0 Å². The van der Waals surface area contributed by atoms with Crippen molar-refractivity contribution in [3.05, 3.63) is 24.0 Å². The molecule has 1 aromatic rings. The molecule has 1 saturated heterocycles. The van der Waals surface area contributed by atoms with Gasteiger partial charge in [0.05, 0.1) is 31.6 Å². The standard InChI is InChI=1S/C18H27N3O3/c1-13(16-8-9-19-11-17(16)23-2)20-18(22)21-10-4-7-15(12-21)24-14-5-3-6-14/h8-9,11,13-15H,3-7,10,12H2,1-2H3,(H,20,22). The number of hydrogen-bond donors (Lipinski definition) is 1. The topological polar surface area (TPSA) is 63.7 Å². The van der Waals surface area contributed by atoms with Crippen LogP contribution in [0.5, 0.6) is 5.75 Å². The van der Waals surface area contributed by atoms with E-state index in [0.717, 1.165) is 24.9 Å². The summed E-state index contributed by atoms with van der Waals surface area (Å²) in [7, 11) is 1.61. The van der Waals surface area contributed by atoms with Gasteiger partial charge in [-0.1, -0.05) is 0 Å². The molecular weight excluding hydrogens is 306 g/mol. The Morgan fingerprint density at radius 1 is 1.33 bits per heavy atom. The molecule has 3 rings (SSSR count). The summed E-state index contributed by atoms with van der Waals surface area (Å²) in [6.45, 7) is 3.43. The molecule has 1 aromatic heterocycles. The molecule has 0 radical (unpaired) electrons. The molecule has 132 valence electrons. The Bertz CT molecular complexity index is 562. The Hall–Kier alpha value is -1.82. The Morgan fingerprint density at radius 3 is 2.83 bits per heavy atom. The molecule has 2 atom stereocenters. The number of pyridine rings is 1. The zero-order valence-corrected chi connectivity index (χ0v) is 14.5. The lowest BCUT2D eigenvalue weighted by Gasteiger charge is -2.37. The number of amides is 2. The maximum Gasteiger partial charge on any atom is 0.317 e. The first-order valence-electron chi connectivity index (χ1n) is 8.86. The van der Waals surface area contributed by atoms with Crippen molar-refractivity contribution in [3.63, 3.8) is 0 Å². The van der Waals surface area contributed by atoms with Crippen LogP contribution in [0, 0.1) is 0 Å². The second-order valence-corrected chi connectivity index (χ2v) is 6.69. The van der Waals surface area contributed by atoms with Gasteiger partial charge in [-0.15, -0.1) is 0 Å². The summed E-state index contributed by atoms with van der Waals surface area (Å²) < 4.78 is 11.4. The number of rotatable bonds is 5. The monoisotopic (exact) mass is 333 g/mol. The van der Waals surface area contributed by atoms with Gasteiger partial charge >= 0.3 is 6.03 Å². The van der Waals surface area contributed by atoms with E-state index in [1.165, 1.54) is 19.3 Å². The molecule has 2 amide bonds. The number of piperidine rings is 1. The molecule has 2 aliphatic rings. The van der Waals surface area contributed by atoms with Crippen LogP contribution in [0.1, 0.15) is 50.6 Å². The second kappa shape index (κ2) is 7.83. The normalized spacial score (nSPS) is 22.6. The molecule has 1 aliphatic carbocycles. The summed E-state index contributed by atoms with van der Waals surface area (Å²) in [6.07, 6.45) is 9.63. The number of likely N-dealkylation sites (tertiary alicyclic amines) is 1. The summed E-state index contributed by atoms with van der Waals surface area (Å²) in [5.41, 5.74) is 0.931. The molecule has 2 unspecified atom stereocenters. The van der Waals surface area contributed by atoms with E-state index in [1.54, 1.807) is 19.5 Å². The Morgan fingerprint density at radius 2 is 2.12 bits per heavy atom. The molecule has 1 aliphatic heterocycles. The van der Waals surface area contributed by atoms with Gasteiger partial charge in [0.1, 0.15) is 5.75 Å². The van der Waals surface area contributed by atoms with Crippen molar-refractivity contribution in [2.75, 3.05) is 20.2 Å². The number of carbonyl (C=O) groups is 1. The highest BCUT2D eigenvalue weighted by molar-refractivity contribution is 5.75. The van der Waals surface area contributed by atoms with Gasteiger partial charge in [-0.25, -0.2) is 4.79 Å². The van der Waals surface area contributed by atoms with Gasteiger partial charge in [0.15, 0.2) is 0 Å². The lowest BCUT2D eigenvalue weighted by molar-refractivity contribution is -0.0721. The van der Waals surface area contributed by atoms with E-state index in [-0.39, 0.29) is 18.2 Å². The highest BCUT2D eigenvalue weighted by Gasteiger charge is 2.29. The molecule has 6 nitrogen and oxygen atoms in total. The van der Waals surface area contributed by atoms with Crippen molar-refractivity contribution < 1.29 is 14.3 Å². The third-order valence-electron chi connectivity index (χ3n) is 4.95. The molecule has 2 fully saturated rings. The summed E-state index contributed by atoms with van der Waals surface area (Å²) in [5, 5.41) is 3.07. The van der Waals surface area contributed by atoms with E-state index < -0.39 is 0 Å². The first kappa shape index (κ1) is 17.0. The van der Waals surface area contributed by atoms with Crippen LogP contribution >= 0.6 is 0 Å². The van der Waals surface area contributed by atoms with E-state index in [9.17, 15) is 4.79 Å². The van der Waals surface area contributed by atoms with E-state index in [2.05, 4.69) is 10.3 Å².